The van der Waals surface area contributed by atoms with Gasteiger partial charge >= 0.3 is 0 Å². The molecule has 0 saturated heterocycles. The topological polar surface area (TPSA) is 55.1 Å². The zero-order valence-electron chi connectivity index (χ0n) is 10.9. The highest BCUT2D eigenvalue weighted by atomic mass is 35.5. The molecular weight excluding hydrogens is 279 g/mol. The lowest BCUT2D eigenvalue weighted by atomic mass is 10.1. The van der Waals surface area contributed by atoms with E-state index in [1.807, 2.05) is 18.2 Å². The van der Waals surface area contributed by atoms with E-state index in [4.69, 9.17) is 17.3 Å². The molecule has 0 radical (unpaired) electrons. The Morgan fingerprint density at radius 3 is 2.70 bits per heavy atom. The molecule has 2 aromatic carbocycles. The Hall–Kier alpha value is -2.07. The first-order valence-corrected chi connectivity index (χ1v) is 6.47. The predicted octanol–water partition coefficient (Wildman–Crippen LogP) is 3.55. The standard InChI is InChI=1S/C15H14ClFN2O/c1-9(11-4-2-3-5-13(11)16)19-15(20)12-8-10(17)6-7-14(12)18/h2-9H,18H2,1H3,(H,19,20). The molecule has 2 aromatic rings. The van der Waals surface area contributed by atoms with Crippen LogP contribution in [0.4, 0.5) is 10.1 Å². The number of nitrogen functional groups attached to an aromatic ring is 1. The van der Waals surface area contributed by atoms with Crippen LogP contribution in [0, 0.1) is 5.82 Å². The van der Waals surface area contributed by atoms with Crippen LogP contribution in [0.2, 0.25) is 5.02 Å². The van der Waals surface area contributed by atoms with Crippen LogP contribution in [-0.4, -0.2) is 5.91 Å². The molecule has 104 valence electrons. The number of carbonyl (C=O) groups excluding carboxylic acids is 1. The number of rotatable bonds is 3. The van der Waals surface area contributed by atoms with Crippen LogP contribution < -0.4 is 11.1 Å². The van der Waals surface area contributed by atoms with Gasteiger partial charge in [0.1, 0.15) is 5.82 Å². The third kappa shape index (κ3) is 3.08. The predicted molar refractivity (Wildman–Crippen MR) is 78.1 cm³/mol. The van der Waals surface area contributed by atoms with Crippen molar-refractivity contribution >= 4 is 23.2 Å². The summed E-state index contributed by atoms with van der Waals surface area (Å²) < 4.78 is 13.2. The fourth-order valence-electron chi connectivity index (χ4n) is 1.90. The van der Waals surface area contributed by atoms with Gasteiger partial charge in [-0.1, -0.05) is 29.8 Å². The van der Waals surface area contributed by atoms with Crippen LogP contribution in [0.5, 0.6) is 0 Å². The maximum atomic E-state index is 13.2. The molecule has 0 spiro atoms. The van der Waals surface area contributed by atoms with Crippen molar-refractivity contribution in [3.8, 4) is 0 Å². The number of nitrogens with one attached hydrogen (secondary N) is 1. The van der Waals surface area contributed by atoms with Gasteiger partial charge in [-0.25, -0.2) is 4.39 Å². The van der Waals surface area contributed by atoms with E-state index in [0.717, 1.165) is 11.6 Å². The van der Waals surface area contributed by atoms with Gasteiger partial charge in [-0.15, -0.1) is 0 Å². The second-order valence-electron chi connectivity index (χ2n) is 4.45. The first kappa shape index (κ1) is 14.3. The largest absolute Gasteiger partial charge is 0.398 e. The number of nitrogens with two attached hydrogens (primary N) is 1. The summed E-state index contributed by atoms with van der Waals surface area (Å²) >= 11 is 6.07. The molecule has 1 unspecified atom stereocenters. The molecule has 1 atom stereocenters. The average molecular weight is 293 g/mol. The molecule has 0 aliphatic rings. The maximum absolute atomic E-state index is 13.2. The highest BCUT2D eigenvalue weighted by Crippen LogP contribution is 2.23. The number of carbonyl (C=O) groups is 1. The van der Waals surface area contributed by atoms with Crippen LogP contribution >= 0.6 is 11.6 Å². The van der Waals surface area contributed by atoms with E-state index < -0.39 is 11.7 Å². The van der Waals surface area contributed by atoms with Gasteiger partial charge in [0, 0.05) is 10.7 Å². The molecule has 0 aliphatic heterocycles. The number of anilines is 1. The first-order chi connectivity index (χ1) is 9.49. The number of benzene rings is 2. The van der Waals surface area contributed by atoms with Crippen molar-refractivity contribution in [3.05, 3.63) is 64.4 Å². The van der Waals surface area contributed by atoms with Gasteiger partial charge in [0.25, 0.3) is 5.91 Å². The van der Waals surface area contributed by atoms with Gasteiger partial charge < -0.3 is 11.1 Å². The smallest absolute Gasteiger partial charge is 0.253 e. The normalized spacial score (nSPS) is 11.9. The summed E-state index contributed by atoms with van der Waals surface area (Å²) in [6, 6.07) is 10.6. The fraction of sp³-hybridized carbons (Fsp3) is 0.133. The minimum absolute atomic E-state index is 0.115. The molecule has 3 nitrogen and oxygen atoms in total. The number of amides is 1. The second kappa shape index (κ2) is 5.92. The molecule has 1 amide bonds. The Labute approximate surface area is 121 Å². The van der Waals surface area contributed by atoms with Gasteiger partial charge in [0.15, 0.2) is 0 Å². The highest BCUT2D eigenvalue weighted by molar-refractivity contribution is 6.31. The van der Waals surface area contributed by atoms with Gasteiger partial charge in [-0.3, -0.25) is 4.79 Å². The fourth-order valence-corrected chi connectivity index (χ4v) is 2.20. The summed E-state index contributed by atoms with van der Waals surface area (Å²) in [5.74, 6) is -0.941. The van der Waals surface area contributed by atoms with Crippen molar-refractivity contribution < 1.29 is 9.18 Å². The molecule has 0 aromatic heterocycles. The summed E-state index contributed by atoms with van der Waals surface area (Å²) in [7, 11) is 0. The SMILES string of the molecule is CC(NC(=O)c1cc(F)ccc1N)c1ccccc1Cl. The van der Waals surface area contributed by atoms with E-state index in [-0.39, 0.29) is 17.3 Å². The summed E-state index contributed by atoms with van der Waals surface area (Å²) in [5, 5.41) is 3.31. The molecule has 2 rings (SSSR count). The van der Waals surface area contributed by atoms with E-state index >= 15 is 0 Å². The van der Waals surface area contributed by atoms with Crippen molar-refractivity contribution in [2.24, 2.45) is 0 Å². The lowest BCUT2D eigenvalue weighted by molar-refractivity contribution is 0.0940. The summed E-state index contributed by atoms with van der Waals surface area (Å²) in [4.78, 5) is 12.1. The molecule has 0 fully saturated rings. The lowest BCUT2D eigenvalue weighted by Gasteiger charge is -2.16. The molecular formula is C15H14ClFN2O. The van der Waals surface area contributed by atoms with E-state index in [1.165, 1.54) is 12.1 Å². The number of hydrogen-bond acceptors (Lipinski definition) is 2. The summed E-state index contributed by atoms with van der Waals surface area (Å²) in [6.45, 7) is 1.80. The van der Waals surface area contributed by atoms with E-state index in [1.54, 1.807) is 13.0 Å². The van der Waals surface area contributed by atoms with Crippen molar-refractivity contribution in [1.29, 1.82) is 0 Å². The Morgan fingerprint density at radius 2 is 2.00 bits per heavy atom. The third-order valence-corrected chi connectivity index (χ3v) is 3.32. The molecule has 5 heteroatoms. The van der Waals surface area contributed by atoms with Crippen LogP contribution in [0.15, 0.2) is 42.5 Å². The van der Waals surface area contributed by atoms with E-state index in [2.05, 4.69) is 5.32 Å². The van der Waals surface area contributed by atoms with Crippen molar-refractivity contribution in [1.82, 2.24) is 5.32 Å². The summed E-state index contributed by atoms with van der Waals surface area (Å²) in [5.41, 5.74) is 6.82. The van der Waals surface area contributed by atoms with Crippen LogP contribution in [0.1, 0.15) is 28.9 Å². The molecule has 0 saturated carbocycles. The van der Waals surface area contributed by atoms with Crippen molar-refractivity contribution in [2.45, 2.75) is 13.0 Å². The van der Waals surface area contributed by atoms with E-state index in [9.17, 15) is 9.18 Å². The zero-order chi connectivity index (χ0) is 14.7. The summed E-state index contributed by atoms with van der Waals surface area (Å²) in [6.07, 6.45) is 0. The third-order valence-electron chi connectivity index (χ3n) is 2.98. The van der Waals surface area contributed by atoms with Crippen molar-refractivity contribution in [2.75, 3.05) is 5.73 Å². The van der Waals surface area contributed by atoms with Gasteiger partial charge in [0.2, 0.25) is 0 Å². The van der Waals surface area contributed by atoms with Crippen LogP contribution in [0.3, 0.4) is 0 Å². The molecule has 3 N–H and O–H groups in total. The molecule has 0 aliphatic carbocycles. The van der Waals surface area contributed by atoms with Crippen molar-refractivity contribution in [3.63, 3.8) is 0 Å². The first-order valence-electron chi connectivity index (χ1n) is 6.09. The molecule has 20 heavy (non-hydrogen) atoms. The Balaban J connectivity index is 2.20. The second-order valence-corrected chi connectivity index (χ2v) is 4.86. The molecule has 0 bridgehead atoms. The average Bonchev–Trinajstić information content (AvgIpc) is 2.41. The Kier molecular flexibility index (Phi) is 4.25. The maximum Gasteiger partial charge on any atom is 0.253 e. The number of hydrogen-bond donors (Lipinski definition) is 2. The Bertz CT molecular complexity index is 646. The molecule has 0 heterocycles. The quantitative estimate of drug-likeness (QED) is 0.850. The van der Waals surface area contributed by atoms with Gasteiger partial charge in [0.05, 0.1) is 11.6 Å². The zero-order valence-corrected chi connectivity index (χ0v) is 11.6. The van der Waals surface area contributed by atoms with Gasteiger partial charge in [-0.2, -0.15) is 0 Å². The van der Waals surface area contributed by atoms with E-state index in [0.29, 0.717) is 5.02 Å². The number of halogens is 2. The minimum Gasteiger partial charge on any atom is -0.398 e. The highest BCUT2D eigenvalue weighted by Gasteiger charge is 2.16. The van der Waals surface area contributed by atoms with Gasteiger partial charge in [-0.05, 0) is 36.8 Å². The lowest BCUT2D eigenvalue weighted by Crippen LogP contribution is -2.27. The Morgan fingerprint density at radius 1 is 1.30 bits per heavy atom. The monoisotopic (exact) mass is 292 g/mol. The van der Waals surface area contributed by atoms with Crippen LogP contribution in [-0.2, 0) is 0 Å². The minimum atomic E-state index is -0.505. The van der Waals surface area contributed by atoms with Crippen LogP contribution in [0.25, 0.3) is 0 Å².